The lowest BCUT2D eigenvalue weighted by molar-refractivity contribution is 0.495. The normalized spacial score (nSPS) is 12.6. The molecule has 1 unspecified atom stereocenters. The van der Waals surface area contributed by atoms with Crippen molar-refractivity contribution < 1.29 is 0 Å². The van der Waals surface area contributed by atoms with Crippen LogP contribution in [0.25, 0.3) is 0 Å². The van der Waals surface area contributed by atoms with Crippen LogP contribution in [0.15, 0.2) is 30.3 Å². The Kier molecular flexibility index (Phi) is 7.35. The van der Waals surface area contributed by atoms with Gasteiger partial charge >= 0.3 is 0 Å². The Labute approximate surface area is 104 Å². The van der Waals surface area contributed by atoms with Crippen LogP contribution >= 0.6 is 11.8 Å². The molecule has 1 N–H and O–H groups in total. The first-order chi connectivity index (χ1) is 7.86. The third-order valence-corrected chi connectivity index (χ3v) is 3.58. The Hall–Kier alpha value is -0.470. The van der Waals surface area contributed by atoms with Crippen LogP contribution in [-0.4, -0.2) is 25.1 Å². The molecule has 0 aliphatic carbocycles. The van der Waals surface area contributed by atoms with Crippen molar-refractivity contribution in [2.45, 2.75) is 31.7 Å². The molecule has 1 aromatic rings. The van der Waals surface area contributed by atoms with Crippen molar-refractivity contribution in [1.82, 2.24) is 5.32 Å². The topological polar surface area (TPSA) is 12.0 Å². The highest BCUT2D eigenvalue weighted by atomic mass is 32.2. The molecule has 1 aromatic carbocycles. The van der Waals surface area contributed by atoms with Crippen LogP contribution in [-0.2, 0) is 6.42 Å². The molecule has 1 rings (SSSR count). The molecule has 0 heterocycles. The summed E-state index contributed by atoms with van der Waals surface area (Å²) in [5, 5.41) is 3.41. The Morgan fingerprint density at radius 1 is 1.19 bits per heavy atom. The quantitative estimate of drug-likeness (QED) is 0.744. The van der Waals surface area contributed by atoms with Gasteiger partial charge in [0, 0.05) is 6.04 Å². The number of benzene rings is 1. The number of nitrogens with one attached hydrogen (secondary N) is 1. The second-order valence-corrected chi connectivity index (χ2v) is 5.13. The van der Waals surface area contributed by atoms with Gasteiger partial charge < -0.3 is 5.32 Å². The summed E-state index contributed by atoms with van der Waals surface area (Å²) in [7, 11) is 2.08. The zero-order valence-corrected chi connectivity index (χ0v) is 11.2. The molecule has 0 fully saturated rings. The molecule has 90 valence electrons. The van der Waals surface area contributed by atoms with Gasteiger partial charge in [0.25, 0.3) is 0 Å². The van der Waals surface area contributed by atoms with Gasteiger partial charge in [0.05, 0.1) is 0 Å². The van der Waals surface area contributed by atoms with Crippen molar-refractivity contribution >= 4 is 11.8 Å². The second-order valence-electron chi connectivity index (χ2n) is 4.14. The molecule has 0 saturated heterocycles. The van der Waals surface area contributed by atoms with Crippen LogP contribution in [0.3, 0.4) is 0 Å². The van der Waals surface area contributed by atoms with E-state index in [1.54, 1.807) is 0 Å². The molecular formula is C14H23NS. The standard InChI is InChI=1S/C14H23NS/c1-15-14(11-12-16-2)10-6-9-13-7-4-3-5-8-13/h3-5,7-8,14-15H,6,9-12H2,1-2H3. The molecule has 16 heavy (non-hydrogen) atoms. The van der Waals surface area contributed by atoms with Gasteiger partial charge in [-0.3, -0.25) is 0 Å². The molecule has 0 aliphatic heterocycles. The van der Waals surface area contributed by atoms with Gasteiger partial charge in [-0.1, -0.05) is 30.3 Å². The summed E-state index contributed by atoms with van der Waals surface area (Å²) in [5.41, 5.74) is 1.46. The van der Waals surface area contributed by atoms with Gasteiger partial charge in [0.15, 0.2) is 0 Å². The fourth-order valence-corrected chi connectivity index (χ4v) is 2.41. The number of rotatable bonds is 8. The van der Waals surface area contributed by atoms with Crippen molar-refractivity contribution in [2.75, 3.05) is 19.1 Å². The summed E-state index contributed by atoms with van der Waals surface area (Å²) in [6.07, 6.45) is 7.23. The van der Waals surface area contributed by atoms with E-state index in [4.69, 9.17) is 0 Å². The van der Waals surface area contributed by atoms with Gasteiger partial charge in [0.2, 0.25) is 0 Å². The fraction of sp³-hybridized carbons (Fsp3) is 0.571. The van der Waals surface area contributed by atoms with Crippen LogP contribution in [0.4, 0.5) is 0 Å². The summed E-state index contributed by atoms with van der Waals surface area (Å²) >= 11 is 1.94. The van der Waals surface area contributed by atoms with E-state index in [0.717, 1.165) is 0 Å². The maximum Gasteiger partial charge on any atom is 0.00720 e. The van der Waals surface area contributed by atoms with Gasteiger partial charge in [-0.25, -0.2) is 0 Å². The Morgan fingerprint density at radius 2 is 1.94 bits per heavy atom. The average molecular weight is 237 g/mol. The maximum atomic E-state index is 3.41. The van der Waals surface area contributed by atoms with Gasteiger partial charge in [-0.05, 0) is 50.3 Å². The summed E-state index contributed by atoms with van der Waals surface area (Å²) < 4.78 is 0. The molecular weight excluding hydrogens is 214 g/mol. The van der Waals surface area contributed by atoms with Crippen molar-refractivity contribution in [3.63, 3.8) is 0 Å². The lowest BCUT2D eigenvalue weighted by Crippen LogP contribution is -2.25. The maximum absolute atomic E-state index is 3.41. The van der Waals surface area contributed by atoms with E-state index in [-0.39, 0.29) is 0 Å². The minimum atomic E-state index is 0.691. The molecule has 0 saturated carbocycles. The van der Waals surface area contributed by atoms with Crippen molar-refractivity contribution in [1.29, 1.82) is 0 Å². The molecule has 0 radical (unpaired) electrons. The molecule has 0 aromatic heterocycles. The molecule has 2 heteroatoms. The summed E-state index contributed by atoms with van der Waals surface area (Å²) in [5.74, 6) is 1.26. The van der Waals surface area contributed by atoms with E-state index in [0.29, 0.717) is 6.04 Å². The van der Waals surface area contributed by atoms with Crippen LogP contribution in [0.1, 0.15) is 24.8 Å². The Morgan fingerprint density at radius 3 is 2.56 bits per heavy atom. The van der Waals surface area contributed by atoms with E-state index >= 15 is 0 Å². The first-order valence-corrected chi connectivity index (χ1v) is 7.46. The zero-order valence-electron chi connectivity index (χ0n) is 10.4. The highest BCUT2D eigenvalue weighted by Gasteiger charge is 2.04. The molecule has 1 nitrogen and oxygen atoms in total. The van der Waals surface area contributed by atoms with Gasteiger partial charge in [0.1, 0.15) is 0 Å². The summed E-state index contributed by atoms with van der Waals surface area (Å²) in [6.45, 7) is 0. The van der Waals surface area contributed by atoms with E-state index in [2.05, 4.69) is 49.0 Å². The largest absolute Gasteiger partial charge is 0.317 e. The van der Waals surface area contributed by atoms with Crippen LogP contribution in [0.2, 0.25) is 0 Å². The van der Waals surface area contributed by atoms with Crippen molar-refractivity contribution in [2.24, 2.45) is 0 Å². The minimum absolute atomic E-state index is 0.691. The zero-order chi connectivity index (χ0) is 11.6. The molecule has 0 aliphatic rings. The molecule has 0 amide bonds. The third-order valence-electron chi connectivity index (χ3n) is 2.94. The summed E-state index contributed by atoms with van der Waals surface area (Å²) in [6, 6.07) is 11.5. The highest BCUT2D eigenvalue weighted by Crippen LogP contribution is 2.10. The van der Waals surface area contributed by atoms with Gasteiger partial charge in [-0.2, -0.15) is 11.8 Å². The van der Waals surface area contributed by atoms with E-state index in [1.165, 1.54) is 37.0 Å². The molecule has 1 atom stereocenters. The number of thioether (sulfide) groups is 1. The fourth-order valence-electron chi connectivity index (χ4n) is 1.89. The predicted octanol–water partition coefficient (Wildman–Crippen LogP) is 3.35. The smallest absolute Gasteiger partial charge is 0.00720 e. The SMILES string of the molecule is CNC(CCCc1ccccc1)CCSC. The first-order valence-electron chi connectivity index (χ1n) is 6.07. The van der Waals surface area contributed by atoms with E-state index < -0.39 is 0 Å². The first kappa shape index (κ1) is 13.6. The lowest BCUT2D eigenvalue weighted by atomic mass is 10.0. The average Bonchev–Trinajstić information content (AvgIpc) is 2.35. The van der Waals surface area contributed by atoms with Gasteiger partial charge in [-0.15, -0.1) is 0 Å². The van der Waals surface area contributed by atoms with E-state index in [1.807, 2.05) is 11.8 Å². The third kappa shape index (κ3) is 5.57. The Bertz CT molecular complexity index is 261. The monoisotopic (exact) mass is 237 g/mol. The van der Waals surface area contributed by atoms with Crippen molar-refractivity contribution in [3.05, 3.63) is 35.9 Å². The molecule has 0 spiro atoms. The Balaban J connectivity index is 2.18. The number of hydrogen-bond acceptors (Lipinski definition) is 2. The number of hydrogen-bond donors (Lipinski definition) is 1. The summed E-state index contributed by atoms with van der Waals surface area (Å²) in [4.78, 5) is 0. The van der Waals surface area contributed by atoms with E-state index in [9.17, 15) is 0 Å². The second kappa shape index (κ2) is 8.66. The van der Waals surface area contributed by atoms with Crippen LogP contribution in [0.5, 0.6) is 0 Å². The predicted molar refractivity (Wildman–Crippen MR) is 75.2 cm³/mol. The van der Waals surface area contributed by atoms with Crippen molar-refractivity contribution in [3.8, 4) is 0 Å². The number of aryl methyl sites for hydroxylation is 1. The van der Waals surface area contributed by atoms with Crippen LogP contribution < -0.4 is 5.32 Å². The van der Waals surface area contributed by atoms with Crippen LogP contribution in [0, 0.1) is 0 Å². The highest BCUT2D eigenvalue weighted by molar-refractivity contribution is 7.98. The lowest BCUT2D eigenvalue weighted by Gasteiger charge is -2.15. The minimum Gasteiger partial charge on any atom is -0.317 e. The molecule has 0 bridgehead atoms.